The van der Waals surface area contributed by atoms with Gasteiger partial charge in [0.1, 0.15) is 5.71 Å². The Kier molecular flexibility index (Phi) is 5.25. The number of nitro benzene ring substituents is 1. The second-order valence-corrected chi connectivity index (χ2v) is 5.64. The standard InChI is InChI=1S/C19H16N2O7/c1-25-15-9-12(10-16(26-2)18(15)27-3)17-14(19(22)28-20-17)8-11-5-4-6-13(7-11)21(23)24/h4-10H,1-3H3. The molecule has 0 aliphatic carbocycles. The molecule has 9 heteroatoms. The summed E-state index contributed by atoms with van der Waals surface area (Å²) in [5, 5.41) is 14.8. The van der Waals surface area contributed by atoms with E-state index in [1.807, 2.05) is 0 Å². The lowest BCUT2D eigenvalue weighted by molar-refractivity contribution is -0.384. The van der Waals surface area contributed by atoms with E-state index in [4.69, 9.17) is 19.0 Å². The van der Waals surface area contributed by atoms with Crippen LogP contribution in [0.4, 0.5) is 5.69 Å². The number of nitro groups is 1. The first-order chi connectivity index (χ1) is 13.5. The molecule has 1 aliphatic rings. The number of carbonyl (C=O) groups excluding carboxylic acids is 1. The van der Waals surface area contributed by atoms with Gasteiger partial charge in [-0.25, -0.2) is 4.79 Å². The van der Waals surface area contributed by atoms with Crippen molar-refractivity contribution in [3.8, 4) is 17.2 Å². The summed E-state index contributed by atoms with van der Waals surface area (Å²) < 4.78 is 15.9. The van der Waals surface area contributed by atoms with Gasteiger partial charge in [0.25, 0.3) is 5.69 Å². The molecule has 0 saturated carbocycles. The molecule has 28 heavy (non-hydrogen) atoms. The first-order valence-electron chi connectivity index (χ1n) is 8.04. The zero-order valence-corrected chi connectivity index (χ0v) is 15.3. The third kappa shape index (κ3) is 3.50. The van der Waals surface area contributed by atoms with Gasteiger partial charge < -0.3 is 19.0 Å². The van der Waals surface area contributed by atoms with Crippen LogP contribution in [0.15, 0.2) is 47.1 Å². The van der Waals surface area contributed by atoms with Crippen molar-refractivity contribution in [2.45, 2.75) is 0 Å². The fourth-order valence-electron chi connectivity index (χ4n) is 2.73. The van der Waals surface area contributed by atoms with Crippen LogP contribution in [0.3, 0.4) is 0 Å². The molecule has 0 unspecified atom stereocenters. The predicted octanol–water partition coefficient (Wildman–Crippen LogP) is 2.97. The fourth-order valence-corrected chi connectivity index (χ4v) is 2.73. The minimum atomic E-state index is -0.671. The van der Waals surface area contributed by atoms with Gasteiger partial charge in [0.2, 0.25) is 5.75 Å². The smallest absolute Gasteiger partial charge is 0.368 e. The first-order valence-corrected chi connectivity index (χ1v) is 8.04. The molecular formula is C19H16N2O7. The lowest BCUT2D eigenvalue weighted by Gasteiger charge is -2.13. The number of rotatable bonds is 6. The first kappa shape index (κ1) is 18.9. The SMILES string of the molecule is COc1cc(C2=NOC(=O)C2=Cc2cccc([N+](=O)[O-])c2)cc(OC)c1OC. The third-order valence-electron chi connectivity index (χ3n) is 4.03. The zero-order chi connectivity index (χ0) is 20.3. The Labute approximate surface area is 159 Å². The quantitative estimate of drug-likeness (QED) is 0.326. The third-order valence-corrected chi connectivity index (χ3v) is 4.03. The summed E-state index contributed by atoms with van der Waals surface area (Å²) in [7, 11) is 4.42. The number of non-ortho nitro benzene ring substituents is 1. The summed E-state index contributed by atoms with van der Waals surface area (Å²) in [5.74, 6) is 0.487. The molecule has 1 heterocycles. The van der Waals surface area contributed by atoms with Crippen LogP contribution in [-0.4, -0.2) is 37.9 Å². The van der Waals surface area contributed by atoms with Gasteiger partial charge in [-0.3, -0.25) is 10.1 Å². The van der Waals surface area contributed by atoms with Crippen LogP contribution >= 0.6 is 0 Å². The van der Waals surface area contributed by atoms with Gasteiger partial charge in [0, 0.05) is 17.7 Å². The Hall–Kier alpha value is -3.88. The maximum atomic E-state index is 12.2. The van der Waals surface area contributed by atoms with Crippen LogP contribution in [0.1, 0.15) is 11.1 Å². The molecule has 2 aromatic rings. The van der Waals surface area contributed by atoms with Gasteiger partial charge in [0.05, 0.1) is 31.8 Å². The molecule has 0 radical (unpaired) electrons. The van der Waals surface area contributed by atoms with Crippen molar-refractivity contribution in [1.29, 1.82) is 0 Å². The molecule has 0 amide bonds. The van der Waals surface area contributed by atoms with Crippen molar-refractivity contribution in [3.05, 3.63) is 63.2 Å². The van der Waals surface area contributed by atoms with Crippen LogP contribution < -0.4 is 14.2 Å². The van der Waals surface area contributed by atoms with Gasteiger partial charge in [-0.1, -0.05) is 17.3 Å². The molecule has 0 atom stereocenters. The zero-order valence-electron chi connectivity index (χ0n) is 15.3. The number of ether oxygens (including phenoxy) is 3. The minimum absolute atomic E-state index is 0.0908. The fraction of sp³-hybridized carbons (Fsp3) is 0.158. The monoisotopic (exact) mass is 384 g/mol. The molecule has 2 aromatic carbocycles. The van der Waals surface area contributed by atoms with Crippen LogP contribution in [-0.2, 0) is 9.63 Å². The van der Waals surface area contributed by atoms with E-state index in [0.29, 0.717) is 28.4 Å². The van der Waals surface area contributed by atoms with Gasteiger partial charge in [-0.15, -0.1) is 0 Å². The average molecular weight is 384 g/mol. The normalized spacial score (nSPS) is 14.5. The molecule has 3 rings (SSSR count). The van der Waals surface area contributed by atoms with Crippen LogP contribution in [0.2, 0.25) is 0 Å². The van der Waals surface area contributed by atoms with E-state index in [1.54, 1.807) is 18.2 Å². The summed E-state index contributed by atoms with van der Waals surface area (Å²) in [6.45, 7) is 0. The summed E-state index contributed by atoms with van der Waals surface area (Å²) in [5.41, 5.74) is 1.26. The van der Waals surface area contributed by atoms with Gasteiger partial charge in [0.15, 0.2) is 11.5 Å². The Morgan fingerprint density at radius 2 is 1.75 bits per heavy atom. The Balaban J connectivity index is 2.08. The number of methoxy groups -OCH3 is 3. The highest BCUT2D eigenvalue weighted by atomic mass is 16.7. The lowest BCUT2D eigenvalue weighted by atomic mass is 9.99. The largest absolute Gasteiger partial charge is 0.493 e. The van der Waals surface area contributed by atoms with Crippen LogP contribution in [0.5, 0.6) is 17.2 Å². The topological polar surface area (TPSA) is 109 Å². The molecule has 1 aliphatic heterocycles. The van der Waals surface area contributed by atoms with E-state index in [-0.39, 0.29) is 17.0 Å². The van der Waals surface area contributed by atoms with Crippen molar-refractivity contribution in [2.75, 3.05) is 21.3 Å². The summed E-state index contributed by atoms with van der Waals surface area (Å²) >= 11 is 0. The Morgan fingerprint density at radius 3 is 2.32 bits per heavy atom. The average Bonchev–Trinajstić information content (AvgIpc) is 3.07. The molecular weight excluding hydrogens is 368 g/mol. The van der Waals surface area contributed by atoms with E-state index in [1.165, 1.54) is 45.6 Å². The molecule has 0 N–H and O–H groups in total. The summed E-state index contributed by atoms with van der Waals surface area (Å²) in [4.78, 5) is 27.5. The second-order valence-electron chi connectivity index (χ2n) is 5.64. The van der Waals surface area contributed by atoms with Crippen molar-refractivity contribution in [3.63, 3.8) is 0 Å². The van der Waals surface area contributed by atoms with E-state index in [0.717, 1.165) is 0 Å². The molecule has 0 fully saturated rings. The predicted molar refractivity (Wildman–Crippen MR) is 99.8 cm³/mol. The summed E-state index contributed by atoms with van der Waals surface area (Å²) in [6, 6.07) is 9.14. The highest BCUT2D eigenvalue weighted by Gasteiger charge is 2.29. The number of oxime groups is 1. The van der Waals surface area contributed by atoms with Crippen molar-refractivity contribution < 1.29 is 28.8 Å². The molecule has 9 nitrogen and oxygen atoms in total. The van der Waals surface area contributed by atoms with Gasteiger partial charge in [-0.2, -0.15) is 0 Å². The van der Waals surface area contributed by atoms with Crippen molar-refractivity contribution in [1.82, 2.24) is 0 Å². The lowest BCUT2D eigenvalue weighted by Crippen LogP contribution is -2.08. The molecule has 0 spiro atoms. The number of hydrogen-bond acceptors (Lipinski definition) is 8. The second kappa shape index (κ2) is 7.78. The van der Waals surface area contributed by atoms with E-state index >= 15 is 0 Å². The van der Waals surface area contributed by atoms with E-state index in [2.05, 4.69) is 5.16 Å². The highest BCUT2D eigenvalue weighted by Crippen LogP contribution is 2.39. The van der Waals surface area contributed by atoms with Crippen LogP contribution in [0.25, 0.3) is 6.08 Å². The number of carbonyl (C=O) groups is 1. The molecule has 0 saturated heterocycles. The summed E-state index contributed by atoms with van der Waals surface area (Å²) in [6.07, 6.45) is 1.48. The maximum absolute atomic E-state index is 12.2. The van der Waals surface area contributed by atoms with Crippen LogP contribution in [0, 0.1) is 10.1 Å². The van der Waals surface area contributed by atoms with Gasteiger partial charge in [-0.05, 0) is 23.8 Å². The van der Waals surface area contributed by atoms with Crippen molar-refractivity contribution in [2.24, 2.45) is 5.16 Å². The Morgan fingerprint density at radius 1 is 1.07 bits per heavy atom. The maximum Gasteiger partial charge on any atom is 0.368 e. The number of hydrogen-bond donors (Lipinski definition) is 0. The van der Waals surface area contributed by atoms with Crippen molar-refractivity contribution >= 4 is 23.4 Å². The Bertz CT molecular complexity index is 986. The highest BCUT2D eigenvalue weighted by molar-refractivity contribution is 6.31. The molecule has 0 bridgehead atoms. The molecule has 144 valence electrons. The minimum Gasteiger partial charge on any atom is -0.493 e. The number of nitrogens with zero attached hydrogens (tertiary/aromatic N) is 2. The molecule has 0 aromatic heterocycles. The van der Waals surface area contributed by atoms with E-state index < -0.39 is 10.9 Å². The van der Waals surface area contributed by atoms with Gasteiger partial charge >= 0.3 is 5.97 Å². The van der Waals surface area contributed by atoms with E-state index in [9.17, 15) is 14.9 Å². The number of benzene rings is 2.